The Morgan fingerprint density at radius 1 is 1.32 bits per heavy atom. The van der Waals surface area contributed by atoms with Gasteiger partial charge >= 0.3 is 7.82 Å². The standard InChI is InChI=1S/C17H18FN6O6P/c1-23-21-16(20-22-23)15-5-2-10(7-19-15)13-4-3-11(6-14(13)18)24-8-12(30-17(24)25)9-29-31(26,27)28/h2-7,12,17,25H,8-9H2,1H3,(H2,26,27,28)/t12-,17?/m1/s1. The van der Waals surface area contributed by atoms with Crippen LogP contribution in [0, 0.1) is 5.82 Å². The molecule has 0 radical (unpaired) electrons. The highest BCUT2D eigenvalue weighted by molar-refractivity contribution is 7.46. The average molecular weight is 452 g/mol. The molecule has 3 aromatic rings. The first kappa shape index (κ1) is 21.4. The normalized spacial score (nSPS) is 19.2. The van der Waals surface area contributed by atoms with Gasteiger partial charge in [-0.1, -0.05) is 6.07 Å². The van der Waals surface area contributed by atoms with E-state index in [-0.39, 0.29) is 6.54 Å². The van der Waals surface area contributed by atoms with Gasteiger partial charge in [0.15, 0.2) is 0 Å². The van der Waals surface area contributed by atoms with Crippen molar-refractivity contribution in [3.63, 3.8) is 0 Å². The highest BCUT2D eigenvalue weighted by Gasteiger charge is 2.33. The maximum atomic E-state index is 14.8. The Bertz CT molecular complexity index is 1120. The van der Waals surface area contributed by atoms with E-state index in [4.69, 9.17) is 14.5 Å². The second kappa shape index (κ2) is 8.38. The molecule has 1 aliphatic heterocycles. The summed E-state index contributed by atoms with van der Waals surface area (Å²) in [5.74, 6) is -0.197. The van der Waals surface area contributed by atoms with Crippen LogP contribution in [0.2, 0.25) is 0 Å². The molecular weight excluding hydrogens is 434 g/mol. The average Bonchev–Trinajstić information content (AvgIpc) is 3.31. The lowest BCUT2D eigenvalue weighted by Gasteiger charge is -2.21. The van der Waals surface area contributed by atoms with Crippen LogP contribution in [0.25, 0.3) is 22.6 Å². The number of phosphoric acid groups is 1. The summed E-state index contributed by atoms with van der Waals surface area (Å²) in [6, 6.07) is 7.69. The number of pyridine rings is 1. The van der Waals surface area contributed by atoms with E-state index in [1.807, 2.05) is 0 Å². The Hall–Kier alpha value is -2.80. The monoisotopic (exact) mass is 452 g/mol. The minimum atomic E-state index is -4.66. The molecule has 1 unspecified atom stereocenters. The highest BCUT2D eigenvalue weighted by atomic mass is 31.2. The fourth-order valence-electron chi connectivity index (χ4n) is 3.09. The molecule has 0 bridgehead atoms. The molecule has 0 amide bonds. The van der Waals surface area contributed by atoms with Crippen LogP contribution in [0.15, 0.2) is 36.5 Å². The number of aliphatic hydroxyl groups excluding tert-OH is 1. The summed E-state index contributed by atoms with van der Waals surface area (Å²) in [5, 5.41) is 21.7. The first-order chi connectivity index (χ1) is 14.7. The summed E-state index contributed by atoms with van der Waals surface area (Å²) in [6.45, 7) is -0.363. The third-order valence-electron chi connectivity index (χ3n) is 4.51. The molecule has 164 valence electrons. The summed E-state index contributed by atoms with van der Waals surface area (Å²) in [5.41, 5.74) is 1.66. The topological polar surface area (TPSA) is 156 Å². The van der Waals surface area contributed by atoms with Gasteiger partial charge in [0.05, 0.1) is 20.2 Å². The molecule has 31 heavy (non-hydrogen) atoms. The second-order valence-electron chi connectivity index (χ2n) is 6.72. The number of phosphoric ester groups is 1. The number of aliphatic hydroxyl groups is 1. The number of aromatic nitrogens is 5. The van der Waals surface area contributed by atoms with Gasteiger partial charge in [-0.25, -0.2) is 8.96 Å². The lowest BCUT2D eigenvalue weighted by atomic mass is 10.1. The van der Waals surface area contributed by atoms with Crippen molar-refractivity contribution in [2.24, 2.45) is 7.05 Å². The van der Waals surface area contributed by atoms with Crippen molar-refractivity contribution in [1.82, 2.24) is 25.2 Å². The van der Waals surface area contributed by atoms with Gasteiger partial charge in [0, 0.05) is 23.0 Å². The number of anilines is 1. The van der Waals surface area contributed by atoms with E-state index in [1.165, 1.54) is 28.0 Å². The Balaban J connectivity index is 1.49. The molecule has 0 aliphatic carbocycles. The Morgan fingerprint density at radius 3 is 2.74 bits per heavy atom. The third kappa shape index (κ3) is 4.93. The SMILES string of the molecule is Cn1nnc(-c2ccc(-c3ccc(N4C[C@H](COP(=O)(O)O)OC4O)cc3F)cn2)n1. The predicted octanol–water partition coefficient (Wildman–Crippen LogP) is 0.669. The van der Waals surface area contributed by atoms with E-state index < -0.39 is 32.8 Å². The molecule has 1 fully saturated rings. The minimum absolute atomic E-state index is 0.0569. The number of hydrogen-bond acceptors (Lipinski definition) is 9. The Morgan fingerprint density at radius 2 is 2.13 bits per heavy atom. The minimum Gasteiger partial charge on any atom is -0.351 e. The van der Waals surface area contributed by atoms with Crippen molar-refractivity contribution in [1.29, 1.82) is 0 Å². The molecule has 2 aromatic heterocycles. The van der Waals surface area contributed by atoms with Crippen molar-refractivity contribution in [3.8, 4) is 22.6 Å². The van der Waals surface area contributed by atoms with Crippen molar-refractivity contribution in [3.05, 3.63) is 42.3 Å². The van der Waals surface area contributed by atoms with Gasteiger partial charge in [0.1, 0.15) is 17.6 Å². The fourth-order valence-corrected chi connectivity index (χ4v) is 3.45. The number of tetrazole rings is 1. The van der Waals surface area contributed by atoms with E-state index in [9.17, 15) is 14.1 Å². The number of hydrogen-bond donors (Lipinski definition) is 3. The first-order valence-corrected chi connectivity index (χ1v) is 10.5. The second-order valence-corrected chi connectivity index (χ2v) is 7.96. The van der Waals surface area contributed by atoms with Crippen molar-refractivity contribution in [2.75, 3.05) is 18.1 Å². The van der Waals surface area contributed by atoms with Crippen molar-refractivity contribution < 1.29 is 33.1 Å². The zero-order valence-electron chi connectivity index (χ0n) is 16.1. The van der Waals surface area contributed by atoms with E-state index in [1.54, 1.807) is 25.2 Å². The van der Waals surface area contributed by atoms with Crippen LogP contribution < -0.4 is 4.90 Å². The lowest BCUT2D eigenvalue weighted by Crippen LogP contribution is -2.30. The van der Waals surface area contributed by atoms with Crippen LogP contribution in [0.5, 0.6) is 0 Å². The zero-order valence-corrected chi connectivity index (χ0v) is 17.0. The molecular formula is C17H18FN6O6P. The summed E-state index contributed by atoms with van der Waals surface area (Å²) in [4.78, 5) is 24.5. The van der Waals surface area contributed by atoms with Crippen LogP contribution in [-0.2, 0) is 20.9 Å². The van der Waals surface area contributed by atoms with Gasteiger partial charge in [-0.2, -0.15) is 4.80 Å². The molecule has 3 heterocycles. The smallest absolute Gasteiger partial charge is 0.351 e. The summed E-state index contributed by atoms with van der Waals surface area (Å²) in [6.07, 6.45) is -0.708. The molecule has 0 saturated carbocycles. The first-order valence-electron chi connectivity index (χ1n) is 9.00. The van der Waals surface area contributed by atoms with E-state index in [2.05, 4.69) is 24.9 Å². The molecule has 3 N–H and O–H groups in total. The molecule has 2 atom stereocenters. The van der Waals surface area contributed by atoms with E-state index in [0.29, 0.717) is 28.3 Å². The maximum absolute atomic E-state index is 14.8. The van der Waals surface area contributed by atoms with Crippen LogP contribution in [-0.4, -0.2) is 65.8 Å². The van der Waals surface area contributed by atoms with Crippen molar-refractivity contribution >= 4 is 13.5 Å². The van der Waals surface area contributed by atoms with Gasteiger partial charge in [0.2, 0.25) is 12.2 Å². The maximum Gasteiger partial charge on any atom is 0.469 e. The number of rotatable bonds is 6. The van der Waals surface area contributed by atoms with Gasteiger partial charge in [-0.3, -0.25) is 9.51 Å². The molecule has 1 aromatic carbocycles. The zero-order chi connectivity index (χ0) is 22.2. The fraction of sp³-hybridized carbons (Fsp3) is 0.294. The molecule has 1 aliphatic rings. The predicted molar refractivity (Wildman–Crippen MR) is 104 cm³/mol. The number of nitrogens with zero attached hydrogens (tertiary/aromatic N) is 6. The largest absolute Gasteiger partial charge is 0.469 e. The van der Waals surface area contributed by atoms with Gasteiger partial charge in [0.25, 0.3) is 0 Å². The third-order valence-corrected chi connectivity index (χ3v) is 4.99. The number of halogens is 1. The molecule has 4 rings (SSSR count). The number of aryl methyl sites for hydroxylation is 1. The Labute approximate surface area is 175 Å². The van der Waals surface area contributed by atoms with Crippen LogP contribution in [0.1, 0.15) is 0 Å². The molecule has 14 heteroatoms. The van der Waals surface area contributed by atoms with Gasteiger partial charge in [-0.15, -0.1) is 10.2 Å². The molecule has 1 saturated heterocycles. The summed E-state index contributed by atoms with van der Waals surface area (Å²) >= 11 is 0. The van der Waals surface area contributed by atoms with Crippen LogP contribution in [0.4, 0.5) is 10.1 Å². The molecule has 0 spiro atoms. The Kier molecular flexibility index (Phi) is 5.79. The van der Waals surface area contributed by atoms with Crippen LogP contribution >= 0.6 is 7.82 Å². The van der Waals surface area contributed by atoms with Gasteiger partial charge in [-0.05, 0) is 29.5 Å². The molecule has 12 nitrogen and oxygen atoms in total. The summed E-state index contributed by atoms with van der Waals surface area (Å²) < 4.78 is 35.2. The summed E-state index contributed by atoms with van der Waals surface area (Å²) in [7, 11) is -3.02. The van der Waals surface area contributed by atoms with Crippen LogP contribution in [0.3, 0.4) is 0 Å². The lowest BCUT2D eigenvalue weighted by molar-refractivity contribution is -0.0982. The highest BCUT2D eigenvalue weighted by Crippen LogP contribution is 2.37. The van der Waals surface area contributed by atoms with E-state index in [0.717, 1.165) is 0 Å². The quantitative estimate of drug-likeness (QED) is 0.452. The van der Waals surface area contributed by atoms with Crippen molar-refractivity contribution in [2.45, 2.75) is 12.5 Å². The van der Waals surface area contributed by atoms with E-state index >= 15 is 0 Å². The van der Waals surface area contributed by atoms with Gasteiger partial charge < -0.3 is 24.5 Å². The number of benzene rings is 1. The number of ether oxygens (including phenoxy) is 1.